The minimum atomic E-state index is -0.355. The Labute approximate surface area is 201 Å². The Morgan fingerprint density at radius 2 is 1.97 bits per heavy atom. The molecule has 0 bridgehead atoms. The predicted molar refractivity (Wildman–Crippen MR) is 133 cm³/mol. The molecule has 0 radical (unpaired) electrons. The van der Waals surface area contributed by atoms with E-state index in [1.165, 1.54) is 15.9 Å². The number of carbonyl (C=O) groups is 1. The van der Waals surface area contributed by atoms with E-state index in [1.807, 2.05) is 42.5 Å². The zero-order valence-corrected chi connectivity index (χ0v) is 20.1. The van der Waals surface area contributed by atoms with E-state index in [2.05, 4.69) is 39.5 Å². The first kappa shape index (κ1) is 21.5. The number of nitrogens with zero attached hydrogens (tertiary/aromatic N) is 4. The lowest BCUT2D eigenvalue weighted by Gasteiger charge is -2.14. The van der Waals surface area contributed by atoms with Crippen molar-refractivity contribution in [2.75, 3.05) is 18.1 Å². The SMILES string of the molecule is C=CCN1C(=O)C(=c2sc3nc(-c4ccc(OCCC)cc4)nn3c2=O)c2cc(Br)ccc21. The first-order valence-electron chi connectivity index (χ1n) is 10.4. The van der Waals surface area contributed by atoms with Gasteiger partial charge in [0, 0.05) is 22.1 Å². The van der Waals surface area contributed by atoms with Crippen LogP contribution in [0.3, 0.4) is 0 Å². The Morgan fingerprint density at radius 1 is 1.18 bits per heavy atom. The summed E-state index contributed by atoms with van der Waals surface area (Å²) in [5, 5.41) is 4.42. The molecule has 0 saturated carbocycles. The van der Waals surface area contributed by atoms with Crippen LogP contribution in [-0.4, -0.2) is 33.7 Å². The van der Waals surface area contributed by atoms with Crippen LogP contribution in [0, 0.1) is 0 Å². The van der Waals surface area contributed by atoms with E-state index in [4.69, 9.17) is 4.74 Å². The number of hydrogen-bond donors (Lipinski definition) is 0. The minimum Gasteiger partial charge on any atom is -0.494 e. The summed E-state index contributed by atoms with van der Waals surface area (Å²) in [7, 11) is 0. The highest BCUT2D eigenvalue weighted by atomic mass is 79.9. The number of halogens is 1. The van der Waals surface area contributed by atoms with Gasteiger partial charge in [0.25, 0.3) is 11.5 Å². The molecular formula is C24H19BrN4O3S. The predicted octanol–water partition coefficient (Wildman–Crippen LogP) is 3.82. The maximum atomic E-state index is 13.3. The third kappa shape index (κ3) is 3.67. The number of ether oxygens (including phenoxy) is 1. The summed E-state index contributed by atoms with van der Waals surface area (Å²) in [5.74, 6) is 0.997. The average molecular weight is 523 g/mol. The molecule has 5 rings (SSSR count). The highest BCUT2D eigenvalue weighted by molar-refractivity contribution is 9.10. The smallest absolute Gasteiger partial charge is 0.291 e. The van der Waals surface area contributed by atoms with Crippen LogP contribution in [0.1, 0.15) is 18.9 Å². The van der Waals surface area contributed by atoms with Crippen LogP contribution in [0.5, 0.6) is 5.75 Å². The van der Waals surface area contributed by atoms with Crippen LogP contribution in [0.15, 0.2) is 64.4 Å². The lowest BCUT2D eigenvalue weighted by Crippen LogP contribution is -2.32. The molecule has 9 heteroatoms. The van der Waals surface area contributed by atoms with Gasteiger partial charge in [0.15, 0.2) is 5.82 Å². The van der Waals surface area contributed by atoms with Crippen molar-refractivity contribution in [3.63, 3.8) is 0 Å². The van der Waals surface area contributed by atoms with E-state index in [9.17, 15) is 9.59 Å². The van der Waals surface area contributed by atoms with Crippen molar-refractivity contribution in [1.29, 1.82) is 0 Å². The summed E-state index contributed by atoms with van der Waals surface area (Å²) < 4.78 is 8.04. The number of carbonyl (C=O) groups excluding carboxylic acids is 1. The molecule has 3 heterocycles. The van der Waals surface area contributed by atoms with Gasteiger partial charge in [-0.15, -0.1) is 11.7 Å². The summed E-state index contributed by atoms with van der Waals surface area (Å²) >= 11 is 4.64. The lowest BCUT2D eigenvalue weighted by atomic mass is 10.1. The third-order valence-electron chi connectivity index (χ3n) is 5.26. The fourth-order valence-electron chi connectivity index (χ4n) is 3.76. The van der Waals surface area contributed by atoms with Gasteiger partial charge in [-0.05, 0) is 48.9 Å². The second kappa shape index (κ2) is 8.57. The van der Waals surface area contributed by atoms with E-state index >= 15 is 0 Å². The topological polar surface area (TPSA) is 76.8 Å². The van der Waals surface area contributed by atoms with Crippen LogP contribution in [0.4, 0.5) is 5.69 Å². The molecule has 7 nitrogen and oxygen atoms in total. The maximum absolute atomic E-state index is 13.3. The van der Waals surface area contributed by atoms with Crippen LogP contribution in [0.25, 0.3) is 21.9 Å². The van der Waals surface area contributed by atoms with E-state index < -0.39 is 0 Å². The summed E-state index contributed by atoms with van der Waals surface area (Å²) in [6, 6.07) is 13.0. The number of rotatable bonds is 6. The van der Waals surface area contributed by atoms with Crippen LogP contribution >= 0.6 is 27.3 Å². The second-order valence-electron chi connectivity index (χ2n) is 7.48. The molecule has 0 N–H and O–H groups in total. The van der Waals surface area contributed by atoms with E-state index in [1.54, 1.807) is 11.0 Å². The van der Waals surface area contributed by atoms with Gasteiger partial charge in [-0.25, -0.2) is 0 Å². The highest BCUT2D eigenvalue weighted by Gasteiger charge is 2.34. The molecular weight excluding hydrogens is 504 g/mol. The van der Waals surface area contributed by atoms with Gasteiger partial charge in [-0.2, -0.15) is 9.50 Å². The molecule has 0 fully saturated rings. The number of aromatic nitrogens is 3. The molecule has 1 aliphatic heterocycles. The van der Waals surface area contributed by atoms with Gasteiger partial charge in [0.1, 0.15) is 10.3 Å². The molecule has 2 aromatic heterocycles. The fourth-order valence-corrected chi connectivity index (χ4v) is 5.12. The molecule has 1 aliphatic rings. The third-order valence-corrected chi connectivity index (χ3v) is 6.78. The molecule has 0 unspecified atom stereocenters. The minimum absolute atomic E-state index is 0.229. The van der Waals surface area contributed by atoms with Gasteiger partial charge >= 0.3 is 0 Å². The zero-order valence-electron chi connectivity index (χ0n) is 17.7. The number of anilines is 1. The van der Waals surface area contributed by atoms with Crippen molar-refractivity contribution in [2.45, 2.75) is 13.3 Å². The molecule has 0 spiro atoms. The number of amides is 1. The lowest BCUT2D eigenvalue weighted by molar-refractivity contribution is -0.112. The van der Waals surface area contributed by atoms with Gasteiger partial charge in [-0.3, -0.25) is 9.59 Å². The van der Waals surface area contributed by atoms with Gasteiger partial charge < -0.3 is 9.64 Å². The average Bonchev–Trinajstić information content (AvgIpc) is 3.44. The molecule has 4 aromatic rings. The summed E-state index contributed by atoms with van der Waals surface area (Å²) in [6.07, 6.45) is 2.60. The van der Waals surface area contributed by atoms with Crippen LogP contribution in [-0.2, 0) is 4.79 Å². The molecule has 2 aromatic carbocycles. The van der Waals surface area contributed by atoms with Crippen molar-refractivity contribution >= 4 is 49.4 Å². The standard InChI is InChI=1S/C24H19BrN4O3S/c1-3-11-28-18-10-7-15(25)13-17(18)19(22(28)30)20-23(31)29-24(33-20)26-21(27-29)14-5-8-16(9-6-14)32-12-4-2/h3,5-10,13H,1,4,11-12H2,2H3. The van der Waals surface area contributed by atoms with Crippen molar-refractivity contribution in [2.24, 2.45) is 0 Å². The van der Waals surface area contributed by atoms with E-state index in [0.29, 0.717) is 39.6 Å². The van der Waals surface area contributed by atoms with Crippen LogP contribution in [0.2, 0.25) is 0 Å². The van der Waals surface area contributed by atoms with Gasteiger partial charge in [0.05, 0.1) is 17.9 Å². The van der Waals surface area contributed by atoms with Crippen molar-refractivity contribution in [3.05, 3.63) is 80.0 Å². The fraction of sp³-hybridized carbons (Fsp3) is 0.167. The monoisotopic (exact) mass is 522 g/mol. The first-order valence-corrected chi connectivity index (χ1v) is 12.0. The van der Waals surface area contributed by atoms with Crippen molar-refractivity contribution in [1.82, 2.24) is 14.6 Å². The highest BCUT2D eigenvalue weighted by Crippen LogP contribution is 2.37. The van der Waals surface area contributed by atoms with Crippen molar-refractivity contribution in [3.8, 4) is 17.1 Å². The molecule has 0 saturated heterocycles. The van der Waals surface area contributed by atoms with Gasteiger partial charge in [0.2, 0.25) is 4.96 Å². The Balaban J connectivity index is 1.61. The summed E-state index contributed by atoms with van der Waals surface area (Å²) in [4.78, 5) is 33.1. The van der Waals surface area contributed by atoms with Gasteiger partial charge in [-0.1, -0.05) is 40.3 Å². The number of benzene rings is 2. The maximum Gasteiger partial charge on any atom is 0.291 e. The summed E-state index contributed by atoms with van der Waals surface area (Å²) in [6.45, 7) is 6.81. The molecule has 0 atom stereocenters. The molecule has 0 aliphatic carbocycles. The molecule has 1 amide bonds. The Hall–Kier alpha value is -3.30. The van der Waals surface area contributed by atoms with E-state index in [0.717, 1.165) is 27.9 Å². The largest absolute Gasteiger partial charge is 0.494 e. The Morgan fingerprint density at radius 3 is 2.67 bits per heavy atom. The zero-order chi connectivity index (χ0) is 23.1. The number of thiazole rings is 1. The number of fused-ring (bicyclic) bond motifs is 2. The van der Waals surface area contributed by atoms with Crippen molar-refractivity contribution < 1.29 is 9.53 Å². The quantitative estimate of drug-likeness (QED) is 0.360. The Bertz CT molecular complexity index is 1510. The first-order chi connectivity index (χ1) is 16.0. The van der Waals surface area contributed by atoms with E-state index in [-0.39, 0.29) is 11.5 Å². The van der Waals surface area contributed by atoms with Crippen LogP contribution < -0.4 is 19.7 Å². The molecule has 166 valence electrons. The summed E-state index contributed by atoms with van der Waals surface area (Å²) in [5.41, 5.74) is 2.26. The second-order valence-corrected chi connectivity index (χ2v) is 9.37. The Kier molecular flexibility index (Phi) is 5.59. The normalized spacial score (nSPS) is 14.7. The molecule has 33 heavy (non-hydrogen) atoms. The number of hydrogen-bond acceptors (Lipinski definition) is 6.